The van der Waals surface area contributed by atoms with Crippen molar-refractivity contribution in [2.24, 2.45) is 0 Å². The van der Waals surface area contributed by atoms with Crippen LogP contribution >= 0.6 is 0 Å². The van der Waals surface area contributed by atoms with Crippen LogP contribution in [-0.4, -0.2) is 15.4 Å². The molecule has 0 aliphatic carbocycles. The second-order valence-corrected chi connectivity index (χ2v) is 7.40. The lowest BCUT2D eigenvalue weighted by atomic mass is 10.0. The highest BCUT2D eigenvalue weighted by molar-refractivity contribution is 6.01. The monoisotopic (exact) mass is 363 g/mol. The van der Waals surface area contributed by atoms with E-state index in [2.05, 4.69) is 43.6 Å². The van der Waals surface area contributed by atoms with Gasteiger partial charge in [0.05, 0.1) is 18.4 Å². The third-order valence-electron chi connectivity index (χ3n) is 5.26. The number of benzene rings is 1. The van der Waals surface area contributed by atoms with Crippen LogP contribution in [0.2, 0.25) is 0 Å². The zero-order chi connectivity index (χ0) is 19.1. The number of anilines is 1. The van der Waals surface area contributed by atoms with Crippen molar-refractivity contribution in [3.63, 3.8) is 0 Å². The van der Waals surface area contributed by atoms with E-state index in [9.17, 15) is 4.79 Å². The van der Waals surface area contributed by atoms with Gasteiger partial charge in [0.1, 0.15) is 11.9 Å². The summed E-state index contributed by atoms with van der Waals surface area (Å²) in [5.41, 5.74) is 5.06. The molecule has 1 N–H and O–H groups in total. The van der Waals surface area contributed by atoms with E-state index in [-0.39, 0.29) is 12.1 Å². The average Bonchev–Trinajstić information content (AvgIpc) is 3.25. The van der Waals surface area contributed by atoms with Gasteiger partial charge in [0.2, 0.25) is 0 Å². The predicted molar refractivity (Wildman–Crippen MR) is 106 cm³/mol. The largest absolute Gasteiger partial charge is 0.467 e. The van der Waals surface area contributed by atoms with Gasteiger partial charge in [0.15, 0.2) is 0 Å². The second-order valence-electron chi connectivity index (χ2n) is 7.40. The Hall–Kier alpha value is -2.95. The van der Waals surface area contributed by atoms with Gasteiger partial charge in [-0.05, 0) is 58.0 Å². The highest BCUT2D eigenvalue weighted by atomic mass is 16.3. The number of carbonyl (C=O) groups is 1. The van der Waals surface area contributed by atoms with E-state index >= 15 is 0 Å². The molecule has 0 bridgehead atoms. The Morgan fingerprint density at radius 2 is 1.93 bits per heavy atom. The number of nitrogens with zero attached hydrogens (tertiary/aromatic N) is 2. The number of aromatic nitrogens is 1. The Bertz CT molecular complexity index is 970. The first kappa shape index (κ1) is 17.5. The number of rotatable bonds is 4. The summed E-state index contributed by atoms with van der Waals surface area (Å²) in [4.78, 5) is 15.2. The molecule has 140 valence electrons. The molecule has 5 heteroatoms. The Balaban J connectivity index is 1.81. The number of para-hydroxylation sites is 1. The number of fused-ring (bicyclic) bond motifs is 1. The van der Waals surface area contributed by atoms with Crippen molar-refractivity contribution in [3.8, 4) is 0 Å². The quantitative estimate of drug-likeness (QED) is 0.706. The fourth-order valence-corrected chi connectivity index (χ4v) is 4.15. The zero-order valence-electron chi connectivity index (χ0n) is 16.2. The number of hydrogen-bond acceptors (Lipinski definition) is 3. The summed E-state index contributed by atoms with van der Waals surface area (Å²) in [6.45, 7) is 9.02. The third kappa shape index (κ3) is 2.93. The third-order valence-corrected chi connectivity index (χ3v) is 5.26. The maximum atomic E-state index is 13.3. The molecule has 5 nitrogen and oxygen atoms in total. The minimum atomic E-state index is -0.240. The first-order chi connectivity index (χ1) is 13.0. The van der Waals surface area contributed by atoms with E-state index in [1.54, 1.807) is 6.26 Å². The topological polar surface area (TPSA) is 50.4 Å². The van der Waals surface area contributed by atoms with E-state index in [4.69, 9.17) is 4.42 Å². The molecule has 1 amide bonds. The number of carbonyl (C=O) groups excluding carboxylic acids is 1. The average molecular weight is 363 g/mol. The van der Waals surface area contributed by atoms with Crippen molar-refractivity contribution in [1.29, 1.82) is 0 Å². The van der Waals surface area contributed by atoms with Crippen LogP contribution in [0.5, 0.6) is 0 Å². The maximum absolute atomic E-state index is 13.3. The Labute approximate surface area is 159 Å². The van der Waals surface area contributed by atoms with E-state index in [0.29, 0.717) is 18.2 Å². The summed E-state index contributed by atoms with van der Waals surface area (Å²) in [6, 6.07) is 14.0. The first-order valence-electron chi connectivity index (χ1n) is 9.34. The standard InChI is InChI=1S/C22H25N3O2/c1-14(2)25-15(3)12-19(16(25)4)21-23-20-10-6-5-9-18(20)22(26)24(21)13-17-8-7-11-27-17/h5-12,14,21,23H,13H2,1-4H3. The van der Waals surface area contributed by atoms with E-state index in [1.807, 2.05) is 41.3 Å². The molecule has 1 aliphatic heterocycles. The molecule has 1 aliphatic rings. The van der Waals surface area contributed by atoms with E-state index in [1.165, 1.54) is 11.4 Å². The molecule has 1 unspecified atom stereocenters. The lowest BCUT2D eigenvalue weighted by molar-refractivity contribution is 0.0651. The number of amides is 1. The summed E-state index contributed by atoms with van der Waals surface area (Å²) in [7, 11) is 0. The van der Waals surface area contributed by atoms with Gasteiger partial charge < -0.3 is 19.2 Å². The Morgan fingerprint density at radius 3 is 2.59 bits per heavy atom. The molecule has 0 saturated carbocycles. The summed E-state index contributed by atoms with van der Waals surface area (Å²) in [5.74, 6) is 0.785. The van der Waals surface area contributed by atoms with Crippen LogP contribution in [0.4, 0.5) is 5.69 Å². The summed E-state index contributed by atoms with van der Waals surface area (Å²) < 4.78 is 7.84. The zero-order valence-corrected chi connectivity index (χ0v) is 16.2. The van der Waals surface area contributed by atoms with Crippen LogP contribution < -0.4 is 5.32 Å². The van der Waals surface area contributed by atoms with Crippen molar-refractivity contribution >= 4 is 11.6 Å². The lowest BCUT2D eigenvalue weighted by Crippen LogP contribution is -2.42. The van der Waals surface area contributed by atoms with Crippen LogP contribution in [0.15, 0.2) is 53.1 Å². The molecule has 1 atom stereocenters. The molecule has 27 heavy (non-hydrogen) atoms. The van der Waals surface area contributed by atoms with Crippen LogP contribution in [0.1, 0.15) is 59.1 Å². The number of furan rings is 1. The van der Waals surface area contributed by atoms with Gasteiger partial charge in [0.25, 0.3) is 5.91 Å². The fourth-order valence-electron chi connectivity index (χ4n) is 4.15. The molecular formula is C22H25N3O2. The van der Waals surface area contributed by atoms with Gasteiger partial charge in [0, 0.05) is 28.7 Å². The molecule has 0 radical (unpaired) electrons. The maximum Gasteiger partial charge on any atom is 0.258 e. The lowest BCUT2D eigenvalue weighted by Gasteiger charge is -2.37. The van der Waals surface area contributed by atoms with Gasteiger partial charge in [-0.1, -0.05) is 12.1 Å². The van der Waals surface area contributed by atoms with Crippen LogP contribution in [-0.2, 0) is 6.54 Å². The predicted octanol–water partition coefficient (Wildman–Crippen LogP) is 5.05. The van der Waals surface area contributed by atoms with Gasteiger partial charge in [-0.3, -0.25) is 4.79 Å². The summed E-state index contributed by atoms with van der Waals surface area (Å²) >= 11 is 0. The second kappa shape index (κ2) is 6.65. The molecule has 3 heterocycles. The summed E-state index contributed by atoms with van der Waals surface area (Å²) in [5, 5.41) is 3.58. The van der Waals surface area contributed by atoms with E-state index in [0.717, 1.165) is 17.0 Å². The molecule has 0 fully saturated rings. The highest BCUT2D eigenvalue weighted by Gasteiger charge is 2.35. The molecular weight excluding hydrogens is 338 g/mol. The van der Waals surface area contributed by atoms with Crippen LogP contribution in [0.25, 0.3) is 0 Å². The van der Waals surface area contributed by atoms with Gasteiger partial charge in [-0.15, -0.1) is 0 Å². The summed E-state index contributed by atoms with van der Waals surface area (Å²) in [6.07, 6.45) is 1.40. The first-order valence-corrected chi connectivity index (χ1v) is 9.34. The molecule has 0 saturated heterocycles. The van der Waals surface area contributed by atoms with Crippen LogP contribution in [0.3, 0.4) is 0 Å². The normalized spacial score (nSPS) is 16.6. The Morgan fingerprint density at radius 1 is 1.15 bits per heavy atom. The Kier molecular flexibility index (Phi) is 4.30. The van der Waals surface area contributed by atoms with Crippen LogP contribution in [0, 0.1) is 13.8 Å². The minimum absolute atomic E-state index is 0.0140. The molecule has 1 aromatic carbocycles. The molecule has 2 aromatic heterocycles. The molecule has 4 rings (SSSR count). The van der Waals surface area contributed by atoms with Gasteiger partial charge in [-0.2, -0.15) is 0 Å². The smallest absolute Gasteiger partial charge is 0.258 e. The number of aryl methyl sites for hydroxylation is 1. The van der Waals surface area contributed by atoms with Crippen molar-refractivity contribution < 1.29 is 9.21 Å². The highest BCUT2D eigenvalue weighted by Crippen LogP contribution is 2.37. The van der Waals surface area contributed by atoms with Crippen molar-refractivity contribution in [2.45, 2.75) is 46.4 Å². The van der Waals surface area contributed by atoms with Gasteiger partial charge >= 0.3 is 0 Å². The SMILES string of the molecule is Cc1cc(C2Nc3ccccc3C(=O)N2Cc2ccco2)c(C)n1C(C)C. The van der Waals surface area contributed by atoms with Crippen molar-refractivity contribution in [2.75, 3.05) is 5.32 Å². The number of hydrogen-bond donors (Lipinski definition) is 1. The fraction of sp³-hybridized carbons (Fsp3) is 0.318. The van der Waals surface area contributed by atoms with E-state index < -0.39 is 0 Å². The van der Waals surface area contributed by atoms with Gasteiger partial charge in [-0.25, -0.2) is 0 Å². The molecule has 3 aromatic rings. The molecule has 0 spiro atoms. The van der Waals surface area contributed by atoms with Crippen molar-refractivity contribution in [3.05, 3.63) is 77.0 Å². The minimum Gasteiger partial charge on any atom is -0.467 e. The van der Waals surface area contributed by atoms with Crippen molar-refractivity contribution in [1.82, 2.24) is 9.47 Å². The number of nitrogens with one attached hydrogen (secondary N) is 1.